The molecule has 5 rings (SSSR count). The van der Waals surface area contributed by atoms with E-state index in [9.17, 15) is 13.5 Å². The van der Waals surface area contributed by atoms with Crippen molar-refractivity contribution in [1.29, 1.82) is 0 Å². The SMILES string of the molecule is COc1cccc(-c2nnc(NS(=O)(=O)C[C@H](O)c3cn4ccccc4n3)n2-c2c(OC)cccc2OC)n1. The highest BCUT2D eigenvalue weighted by Gasteiger charge is 2.28. The number of methoxy groups -OCH3 is 3. The molecule has 1 atom stereocenters. The first-order chi connectivity index (χ1) is 18.8. The second kappa shape index (κ2) is 10.6. The number of nitrogens with zero attached hydrogens (tertiary/aromatic N) is 6. The Bertz CT molecular complexity index is 1680. The molecule has 0 unspecified atom stereocenters. The number of para-hydroxylation sites is 1. The molecular formula is C25H25N7O6S. The van der Waals surface area contributed by atoms with Gasteiger partial charge in [-0.15, -0.1) is 10.2 Å². The highest BCUT2D eigenvalue weighted by Crippen LogP contribution is 2.37. The van der Waals surface area contributed by atoms with Crippen LogP contribution in [-0.4, -0.2) is 69.7 Å². The van der Waals surface area contributed by atoms with E-state index in [1.807, 2.05) is 0 Å². The number of sulfonamides is 1. The first-order valence-electron chi connectivity index (χ1n) is 11.6. The van der Waals surface area contributed by atoms with E-state index in [1.54, 1.807) is 71.4 Å². The zero-order valence-corrected chi connectivity index (χ0v) is 22.0. The van der Waals surface area contributed by atoms with Crippen LogP contribution in [0.4, 0.5) is 5.95 Å². The molecule has 2 N–H and O–H groups in total. The monoisotopic (exact) mass is 551 g/mol. The van der Waals surface area contributed by atoms with Crippen molar-refractivity contribution < 1.29 is 27.7 Å². The summed E-state index contributed by atoms with van der Waals surface area (Å²) >= 11 is 0. The van der Waals surface area contributed by atoms with Crippen molar-refractivity contribution in [2.75, 3.05) is 31.8 Å². The lowest BCUT2D eigenvalue weighted by Crippen LogP contribution is -2.24. The number of aliphatic hydroxyl groups is 1. The summed E-state index contributed by atoms with van der Waals surface area (Å²) in [6, 6.07) is 15.5. The lowest BCUT2D eigenvalue weighted by atomic mass is 10.2. The number of pyridine rings is 2. The summed E-state index contributed by atoms with van der Waals surface area (Å²) in [4.78, 5) is 8.73. The van der Waals surface area contributed by atoms with Crippen LogP contribution < -0.4 is 18.9 Å². The fourth-order valence-electron chi connectivity index (χ4n) is 4.02. The van der Waals surface area contributed by atoms with Crippen molar-refractivity contribution in [2.45, 2.75) is 6.10 Å². The Morgan fingerprint density at radius 1 is 0.923 bits per heavy atom. The third-order valence-corrected chi connectivity index (χ3v) is 7.05. The normalized spacial score (nSPS) is 12.3. The molecular weight excluding hydrogens is 526 g/mol. The minimum absolute atomic E-state index is 0.167. The predicted octanol–water partition coefficient (Wildman–Crippen LogP) is 2.48. The Morgan fingerprint density at radius 3 is 2.36 bits per heavy atom. The molecule has 39 heavy (non-hydrogen) atoms. The van der Waals surface area contributed by atoms with E-state index < -0.39 is 21.9 Å². The molecule has 14 heteroatoms. The van der Waals surface area contributed by atoms with Gasteiger partial charge in [0.25, 0.3) is 0 Å². The van der Waals surface area contributed by atoms with Crippen molar-refractivity contribution in [3.05, 3.63) is 72.7 Å². The summed E-state index contributed by atoms with van der Waals surface area (Å²) in [5.74, 6) is 0.396. The predicted molar refractivity (Wildman–Crippen MR) is 142 cm³/mol. The zero-order valence-electron chi connectivity index (χ0n) is 21.2. The van der Waals surface area contributed by atoms with Crippen molar-refractivity contribution in [3.8, 4) is 34.6 Å². The molecule has 0 aliphatic heterocycles. The smallest absolute Gasteiger partial charge is 0.243 e. The number of aliphatic hydroxyl groups excluding tert-OH is 1. The molecule has 202 valence electrons. The maximum absolute atomic E-state index is 13.3. The van der Waals surface area contributed by atoms with Crippen LogP contribution in [-0.2, 0) is 10.0 Å². The van der Waals surface area contributed by atoms with Gasteiger partial charge >= 0.3 is 0 Å². The average molecular weight is 552 g/mol. The van der Waals surface area contributed by atoms with Gasteiger partial charge in [-0.05, 0) is 30.3 Å². The van der Waals surface area contributed by atoms with Gasteiger partial charge in [0.15, 0.2) is 5.82 Å². The van der Waals surface area contributed by atoms with Gasteiger partial charge in [0.2, 0.25) is 21.9 Å². The van der Waals surface area contributed by atoms with E-state index in [4.69, 9.17) is 14.2 Å². The molecule has 5 aromatic rings. The first kappa shape index (κ1) is 25.9. The van der Waals surface area contributed by atoms with Crippen molar-refractivity contribution >= 4 is 21.6 Å². The van der Waals surface area contributed by atoms with E-state index in [1.165, 1.54) is 25.9 Å². The number of fused-ring (bicyclic) bond motifs is 1. The molecule has 0 amide bonds. The fourth-order valence-corrected chi connectivity index (χ4v) is 5.10. The summed E-state index contributed by atoms with van der Waals surface area (Å²) in [6.45, 7) is 0. The number of aromatic nitrogens is 6. The Labute approximate surface area is 223 Å². The van der Waals surface area contributed by atoms with Crippen LogP contribution in [0, 0.1) is 0 Å². The fraction of sp³-hybridized carbons (Fsp3) is 0.200. The second-order valence-corrected chi connectivity index (χ2v) is 10.1. The number of imidazole rings is 1. The molecule has 0 aliphatic rings. The number of ether oxygens (including phenoxy) is 3. The molecule has 1 aromatic carbocycles. The minimum atomic E-state index is -4.17. The molecule has 4 aromatic heterocycles. The van der Waals surface area contributed by atoms with Crippen molar-refractivity contribution in [2.24, 2.45) is 0 Å². The minimum Gasteiger partial charge on any atom is -0.494 e. The van der Waals surface area contributed by atoms with Crippen molar-refractivity contribution in [3.63, 3.8) is 0 Å². The van der Waals surface area contributed by atoms with Crippen LogP contribution in [0.15, 0.2) is 67.0 Å². The summed E-state index contributed by atoms with van der Waals surface area (Å²) in [7, 11) is 0.257. The molecule has 4 heterocycles. The third kappa shape index (κ3) is 5.19. The van der Waals surface area contributed by atoms with Crippen molar-refractivity contribution in [1.82, 2.24) is 29.1 Å². The van der Waals surface area contributed by atoms with Gasteiger partial charge in [-0.2, -0.15) is 0 Å². The van der Waals surface area contributed by atoms with Crippen LogP contribution >= 0.6 is 0 Å². The summed E-state index contributed by atoms with van der Waals surface area (Å²) in [5.41, 5.74) is 1.48. The summed E-state index contributed by atoms with van der Waals surface area (Å²) < 4.78 is 48.4. The first-order valence-corrected chi connectivity index (χ1v) is 13.3. The standard InChI is InChI=1S/C25H25N7O6S/c1-36-19-9-7-10-20(37-2)23(19)32-24(16-8-6-12-22(27-16)38-3)28-29-25(32)30-39(34,35)15-18(33)17-14-31-13-5-4-11-21(31)26-17/h4-14,18,33H,15H2,1-3H3,(H,29,30)/t18-/m0/s1. The van der Waals surface area contributed by atoms with E-state index in [0.29, 0.717) is 34.4 Å². The molecule has 0 saturated heterocycles. The molecule has 0 spiro atoms. The summed E-state index contributed by atoms with van der Waals surface area (Å²) in [5, 5.41) is 19.0. The van der Waals surface area contributed by atoms with Gasteiger partial charge in [-0.25, -0.2) is 18.4 Å². The molecule has 0 aliphatic carbocycles. The largest absolute Gasteiger partial charge is 0.494 e. The molecule has 13 nitrogen and oxygen atoms in total. The maximum Gasteiger partial charge on any atom is 0.243 e. The lowest BCUT2D eigenvalue weighted by Gasteiger charge is -2.18. The van der Waals surface area contributed by atoms with Crippen LogP contribution in [0.3, 0.4) is 0 Å². The van der Waals surface area contributed by atoms with Gasteiger partial charge in [0, 0.05) is 18.5 Å². The second-order valence-electron chi connectivity index (χ2n) is 8.29. The average Bonchev–Trinajstić information content (AvgIpc) is 3.56. The van der Waals surface area contributed by atoms with E-state index in [2.05, 4.69) is 24.9 Å². The number of anilines is 1. The Hall–Kier alpha value is -4.69. The van der Waals surface area contributed by atoms with Crippen LogP contribution in [0.5, 0.6) is 17.4 Å². The Morgan fingerprint density at radius 2 is 1.67 bits per heavy atom. The Balaban J connectivity index is 1.56. The molecule has 0 fully saturated rings. The molecule has 0 radical (unpaired) electrons. The molecule has 0 saturated carbocycles. The van der Waals surface area contributed by atoms with Crippen LogP contribution in [0.2, 0.25) is 0 Å². The van der Waals surface area contributed by atoms with Gasteiger partial charge < -0.3 is 23.7 Å². The van der Waals surface area contributed by atoms with E-state index >= 15 is 0 Å². The number of benzene rings is 1. The van der Waals surface area contributed by atoms with Gasteiger partial charge in [0.1, 0.15) is 40.4 Å². The van der Waals surface area contributed by atoms with E-state index in [-0.39, 0.29) is 17.5 Å². The number of hydrogen-bond acceptors (Lipinski definition) is 10. The topological polar surface area (TPSA) is 155 Å². The number of rotatable bonds is 10. The maximum atomic E-state index is 13.3. The summed E-state index contributed by atoms with van der Waals surface area (Å²) in [6.07, 6.45) is 1.92. The highest BCUT2D eigenvalue weighted by atomic mass is 32.2. The third-order valence-electron chi connectivity index (χ3n) is 5.80. The molecule has 0 bridgehead atoms. The van der Waals surface area contributed by atoms with Gasteiger partial charge in [-0.1, -0.05) is 18.2 Å². The van der Waals surface area contributed by atoms with Gasteiger partial charge in [-0.3, -0.25) is 9.29 Å². The van der Waals surface area contributed by atoms with E-state index in [0.717, 1.165) is 0 Å². The Kier molecular flexibility index (Phi) is 7.04. The highest BCUT2D eigenvalue weighted by molar-refractivity contribution is 7.92. The lowest BCUT2D eigenvalue weighted by molar-refractivity contribution is 0.197. The number of hydrogen-bond donors (Lipinski definition) is 2. The quantitative estimate of drug-likeness (QED) is 0.264. The zero-order chi connectivity index (χ0) is 27.6. The number of nitrogens with one attached hydrogen (secondary N) is 1. The van der Waals surface area contributed by atoms with Crippen LogP contribution in [0.1, 0.15) is 11.8 Å². The van der Waals surface area contributed by atoms with Gasteiger partial charge in [0.05, 0.1) is 27.0 Å². The van der Waals surface area contributed by atoms with Crippen LogP contribution in [0.25, 0.3) is 22.9 Å².